The van der Waals surface area contributed by atoms with Crippen molar-refractivity contribution in [1.82, 2.24) is 0 Å². The molecule has 0 aromatic heterocycles. The minimum absolute atomic E-state index is 0.164. The molecule has 0 aromatic carbocycles. The first-order valence-corrected chi connectivity index (χ1v) is 21.7. The third-order valence-electron chi connectivity index (χ3n) is 9.29. The maximum atomic E-state index is 12.2. The van der Waals surface area contributed by atoms with Crippen LogP contribution < -0.4 is 0 Å². The van der Waals surface area contributed by atoms with Crippen LogP contribution in [0.5, 0.6) is 0 Å². The largest absolute Gasteiger partial charge is 0.697 e. The second-order valence-corrected chi connectivity index (χ2v) is 14.8. The highest BCUT2D eigenvalue weighted by Crippen LogP contribution is 2.25. The van der Waals surface area contributed by atoms with Gasteiger partial charge < -0.3 is 18.9 Å². The van der Waals surface area contributed by atoms with Crippen LogP contribution in [0.3, 0.4) is 0 Å². The van der Waals surface area contributed by atoms with Crippen LogP contribution in [0.1, 0.15) is 194 Å². The van der Waals surface area contributed by atoms with Crippen LogP contribution >= 0.6 is 8.25 Å². The Morgan fingerprint density at radius 1 is 0.375 bits per heavy atom. The van der Waals surface area contributed by atoms with Gasteiger partial charge in [0.25, 0.3) is 0 Å². The fourth-order valence-corrected chi connectivity index (χ4v) is 6.57. The van der Waals surface area contributed by atoms with Gasteiger partial charge in [0.1, 0.15) is 25.4 Å². The van der Waals surface area contributed by atoms with Gasteiger partial charge in [0.05, 0.1) is 13.2 Å². The van der Waals surface area contributed by atoms with E-state index in [9.17, 15) is 4.57 Å². The molecular formula is C40H82O7P+. The van der Waals surface area contributed by atoms with Gasteiger partial charge in [-0.3, -0.25) is 0 Å². The molecule has 0 amide bonds. The van der Waals surface area contributed by atoms with E-state index in [0.717, 1.165) is 26.1 Å². The second kappa shape index (κ2) is 41.3. The Morgan fingerprint density at radius 2 is 0.625 bits per heavy atom. The first-order valence-electron chi connectivity index (χ1n) is 20.6. The number of unbranched alkanes of at least 4 members (excludes halogenated alkanes) is 26. The molecule has 0 aliphatic carbocycles. The Labute approximate surface area is 300 Å². The quantitative estimate of drug-likeness (QED) is 0.0462. The molecule has 8 heteroatoms. The van der Waals surface area contributed by atoms with Crippen molar-refractivity contribution < 1.29 is 32.6 Å². The number of rotatable bonds is 42. The van der Waals surface area contributed by atoms with Crippen molar-refractivity contribution in [2.24, 2.45) is 0 Å². The highest BCUT2D eigenvalue weighted by atomic mass is 31.1. The Kier molecular flexibility index (Phi) is 41.2. The summed E-state index contributed by atoms with van der Waals surface area (Å²) in [5, 5.41) is 0. The zero-order valence-corrected chi connectivity index (χ0v) is 33.4. The molecular weight excluding hydrogens is 623 g/mol. The molecule has 288 valence electrons. The van der Waals surface area contributed by atoms with E-state index in [1.807, 2.05) is 0 Å². The van der Waals surface area contributed by atoms with Crippen molar-refractivity contribution >= 4 is 8.25 Å². The maximum absolute atomic E-state index is 12.2. The lowest BCUT2D eigenvalue weighted by Gasteiger charge is -2.13. The van der Waals surface area contributed by atoms with Crippen LogP contribution in [0.4, 0.5) is 0 Å². The number of hydrogen-bond donors (Lipinski definition) is 0. The maximum Gasteiger partial charge on any atom is 0.697 e. The van der Waals surface area contributed by atoms with E-state index in [1.54, 1.807) is 14.2 Å². The van der Waals surface area contributed by atoms with Crippen molar-refractivity contribution in [1.29, 1.82) is 0 Å². The summed E-state index contributed by atoms with van der Waals surface area (Å²) >= 11 is 0. The average molecular weight is 706 g/mol. The molecule has 0 fully saturated rings. The van der Waals surface area contributed by atoms with Crippen molar-refractivity contribution in [3.8, 4) is 0 Å². The lowest BCUT2D eigenvalue weighted by Crippen LogP contribution is -2.25. The highest BCUT2D eigenvalue weighted by Gasteiger charge is 2.26. The van der Waals surface area contributed by atoms with Crippen LogP contribution in [0, 0.1) is 0 Å². The van der Waals surface area contributed by atoms with Crippen LogP contribution in [0.15, 0.2) is 0 Å². The first-order chi connectivity index (χ1) is 23.7. The normalized spacial score (nSPS) is 13.3. The van der Waals surface area contributed by atoms with Gasteiger partial charge in [-0.2, -0.15) is 0 Å². The van der Waals surface area contributed by atoms with Crippen molar-refractivity contribution in [3.05, 3.63) is 0 Å². The molecule has 0 saturated heterocycles. The Balaban J connectivity index is 3.56. The third-order valence-corrected chi connectivity index (χ3v) is 10.0. The van der Waals surface area contributed by atoms with Crippen LogP contribution in [-0.2, 0) is 32.6 Å². The van der Waals surface area contributed by atoms with Crippen molar-refractivity contribution in [3.63, 3.8) is 0 Å². The molecule has 0 aromatic rings. The highest BCUT2D eigenvalue weighted by molar-refractivity contribution is 7.33. The van der Waals surface area contributed by atoms with Gasteiger partial charge in [0, 0.05) is 32.0 Å². The molecule has 2 unspecified atom stereocenters. The zero-order valence-electron chi connectivity index (χ0n) is 32.5. The minimum atomic E-state index is -2.26. The van der Waals surface area contributed by atoms with Crippen molar-refractivity contribution in [2.75, 3.05) is 53.9 Å². The molecule has 0 radical (unpaired) electrons. The van der Waals surface area contributed by atoms with Crippen LogP contribution in [0.25, 0.3) is 0 Å². The first kappa shape index (κ1) is 47.9. The summed E-state index contributed by atoms with van der Waals surface area (Å²) in [7, 11) is 0.981. The summed E-state index contributed by atoms with van der Waals surface area (Å²) in [6, 6.07) is 0. The number of hydrogen-bond acceptors (Lipinski definition) is 7. The second-order valence-electron chi connectivity index (χ2n) is 13.9. The van der Waals surface area contributed by atoms with E-state index in [0.29, 0.717) is 13.2 Å². The summed E-state index contributed by atoms with van der Waals surface area (Å²) in [6.45, 7) is 7.17. The van der Waals surface area contributed by atoms with E-state index >= 15 is 0 Å². The van der Waals surface area contributed by atoms with E-state index in [-0.39, 0.29) is 25.4 Å². The summed E-state index contributed by atoms with van der Waals surface area (Å²) in [6.07, 6.45) is 37.1. The minimum Gasteiger partial charge on any atom is -0.379 e. The molecule has 7 nitrogen and oxygen atoms in total. The topological polar surface area (TPSA) is 72.5 Å². The van der Waals surface area contributed by atoms with E-state index in [1.165, 1.54) is 167 Å². The molecule has 0 aliphatic heterocycles. The lowest BCUT2D eigenvalue weighted by molar-refractivity contribution is -0.0262. The molecule has 48 heavy (non-hydrogen) atoms. The van der Waals surface area contributed by atoms with Gasteiger partial charge in [0.15, 0.2) is 0 Å². The summed E-state index contributed by atoms with van der Waals surface area (Å²) < 4.78 is 45.5. The SMILES string of the molecule is CCCCCCCCCCCCCCCCOCC(CO[P+](=O)OCC(COCCCCCCCCCCCCCCCC)OC)OC. The van der Waals surface area contributed by atoms with Gasteiger partial charge in [0.2, 0.25) is 0 Å². The lowest BCUT2D eigenvalue weighted by atomic mass is 10.0. The molecule has 0 saturated carbocycles. The number of methoxy groups -OCH3 is 2. The molecule has 0 aliphatic rings. The number of ether oxygens (including phenoxy) is 4. The average Bonchev–Trinajstić information content (AvgIpc) is 3.10. The van der Waals surface area contributed by atoms with Crippen LogP contribution in [-0.4, -0.2) is 66.1 Å². The fraction of sp³-hybridized carbons (Fsp3) is 1.00. The molecule has 0 N–H and O–H groups in total. The van der Waals surface area contributed by atoms with Crippen molar-refractivity contribution in [2.45, 2.75) is 206 Å². The van der Waals surface area contributed by atoms with E-state index in [2.05, 4.69) is 13.8 Å². The Hall–Kier alpha value is -0.140. The zero-order chi connectivity index (χ0) is 35.0. The molecule has 0 heterocycles. The monoisotopic (exact) mass is 706 g/mol. The standard InChI is InChI=1S/C40H82O7P/c1-5-7-9-11-13-15-17-19-21-23-25-27-29-31-33-44-35-39(42-3)37-46-48(41)47-38-40(43-4)36-45-34-32-30-28-26-24-22-20-18-16-14-12-10-8-6-2/h39-40H,5-38H2,1-4H3/q+1. The van der Waals surface area contributed by atoms with E-state index < -0.39 is 8.25 Å². The van der Waals surface area contributed by atoms with Gasteiger partial charge >= 0.3 is 8.25 Å². The third kappa shape index (κ3) is 37.1. The fourth-order valence-electron chi connectivity index (χ4n) is 5.92. The van der Waals surface area contributed by atoms with Gasteiger partial charge in [-0.05, 0) is 12.8 Å². The van der Waals surface area contributed by atoms with Gasteiger partial charge in [-0.1, -0.05) is 181 Å². The predicted octanol–water partition coefficient (Wildman–Crippen LogP) is 12.7. The summed E-state index contributed by atoms with van der Waals surface area (Å²) in [4.78, 5) is 0. The molecule has 0 bridgehead atoms. The Bertz CT molecular complexity index is 574. The Morgan fingerprint density at radius 3 is 0.875 bits per heavy atom. The van der Waals surface area contributed by atoms with Gasteiger partial charge in [-0.25, -0.2) is 0 Å². The molecule has 2 atom stereocenters. The molecule has 0 rings (SSSR count). The van der Waals surface area contributed by atoms with E-state index in [4.69, 9.17) is 28.0 Å². The summed E-state index contributed by atoms with van der Waals surface area (Å²) in [5.41, 5.74) is 0. The molecule has 0 spiro atoms. The van der Waals surface area contributed by atoms with Gasteiger partial charge in [-0.15, -0.1) is 9.05 Å². The summed E-state index contributed by atoms with van der Waals surface area (Å²) in [5.74, 6) is 0. The predicted molar refractivity (Wildman–Crippen MR) is 203 cm³/mol. The van der Waals surface area contributed by atoms with Crippen LogP contribution in [0.2, 0.25) is 0 Å². The smallest absolute Gasteiger partial charge is 0.379 e.